The molecule has 4 rings (SSSR count). The maximum absolute atomic E-state index is 14.6. The Morgan fingerprint density at radius 1 is 1.12 bits per heavy atom. The molecule has 1 aliphatic rings. The maximum Gasteiger partial charge on any atom is 0.276 e. The van der Waals surface area contributed by atoms with Gasteiger partial charge in [0.1, 0.15) is 5.69 Å². The summed E-state index contributed by atoms with van der Waals surface area (Å²) >= 11 is 6.23. The molecular weight excluding hydrogens is 445 g/mol. The van der Waals surface area contributed by atoms with E-state index in [1.807, 2.05) is 30.3 Å². The quantitative estimate of drug-likeness (QED) is 0.595. The van der Waals surface area contributed by atoms with E-state index in [4.69, 9.17) is 11.6 Å². The van der Waals surface area contributed by atoms with E-state index < -0.39 is 11.7 Å². The minimum absolute atomic E-state index is 0.0170. The lowest BCUT2D eigenvalue weighted by molar-refractivity contribution is -0.130. The Bertz CT molecular complexity index is 1240. The van der Waals surface area contributed by atoms with E-state index in [-0.39, 0.29) is 28.5 Å². The SMILES string of the molecule is CC(=O)N1CCC(n2ncc(Cl)c2C(=O)Nc2ncc(C#Cc3ccccc3)cc2F)CC1. The molecule has 3 heterocycles. The Kier molecular flexibility index (Phi) is 6.71. The van der Waals surface area contributed by atoms with Gasteiger partial charge in [0, 0.05) is 37.3 Å². The first-order chi connectivity index (χ1) is 15.9. The topological polar surface area (TPSA) is 80.1 Å². The van der Waals surface area contributed by atoms with Crippen LogP contribution in [0.5, 0.6) is 0 Å². The molecule has 1 saturated heterocycles. The first-order valence-electron chi connectivity index (χ1n) is 10.4. The number of aromatic nitrogens is 3. The molecule has 168 valence electrons. The molecule has 0 unspecified atom stereocenters. The van der Waals surface area contributed by atoms with Crippen LogP contribution in [0.15, 0.2) is 48.8 Å². The fourth-order valence-electron chi connectivity index (χ4n) is 3.69. The zero-order chi connectivity index (χ0) is 23.4. The molecule has 33 heavy (non-hydrogen) atoms. The number of anilines is 1. The summed E-state index contributed by atoms with van der Waals surface area (Å²) in [7, 11) is 0. The molecule has 1 N–H and O–H groups in total. The molecular formula is C24H21ClFN5O2. The third kappa shape index (κ3) is 5.21. The lowest BCUT2D eigenvalue weighted by atomic mass is 10.0. The second kappa shape index (κ2) is 9.84. The third-order valence-electron chi connectivity index (χ3n) is 5.42. The van der Waals surface area contributed by atoms with Crippen LogP contribution in [-0.4, -0.2) is 44.6 Å². The third-order valence-corrected chi connectivity index (χ3v) is 5.70. The molecule has 9 heteroatoms. The van der Waals surface area contributed by atoms with E-state index >= 15 is 0 Å². The van der Waals surface area contributed by atoms with Crippen molar-refractivity contribution < 1.29 is 14.0 Å². The average molecular weight is 466 g/mol. The number of halogens is 2. The van der Waals surface area contributed by atoms with Crippen LogP contribution < -0.4 is 5.32 Å². The van der Waals surface area contributed by atoms with Crippen molar-refractivity contribution in [2.45, 2.75) is 25.8 Å². The van der Waals surface area contributed by atoms with E-state index in [2.05, 4.69) is 27.2 Å². The molecule has 2 aromatic heterocycles. The number of carbonyl (C=O) groups is 2. The van der Waals surface area contributed by atoms with E-state index in [0.717, 1.165) is 5.56 Å². The first-order valence-corrected chi connectivity index (χ1v) is 10.8. The summed E-state index contributed by atoms with van der Waals surface area (Å²) in [5.74, 6) is 4.27. The van der Waals surface area contributed by atoms with Gasteiger partial charge in [-0.25, -0.2) is 9.37 Å². The Morgan fingerprint density at radius 2 is 1.82 bits per heavy atom. The summed E-state index contributed by atoms with van der Waals surface area (Å²) in [5.41, 5.74) is 1.31. The van der Waals surface area contributed by atoms with Crippen LogP contribution in [0.1, 0.15) is 47.4 Å². The smallest absolute Gasteiger partial charge is 0.276 e. The van der Waals surface area contributed by atoms with Gasteiger partial charge in [0.25, 0.3) is 5.91 Å². The van der Waals surface area contributed by atoms with Gasteiger partial charge in [-0.3, -0.25) is 14.3 Å². The molecule has 0 radical (unpaired) electrons. The van der Waals surface area contributed by atoms with Crippen molar-refractivity contribution in [2.75, 3.05) is 18.4 Å². The van der Waals surface area contributed by atoms with Crippen LogP contribution >= 0.6 is 11.6 Å². The highest BCUT2D eigenvalue weighted by atomic mass is 35.5. The molecule has 7 nitrogen and oxygen atoms in total. The standard InChI is InChI=1S/C24H21ClFN5O2/c1-16(32)30-11-9-19(10-12-30)31-22(20(25)15-28-31)24(33)29-23-21(26)13-18(14-27-23)8-7-17-5-3-2-4-6-17/h2-6,13-15,19H,9-12H2,1H3,(H,27,29,33). The molecule has 0 bridgehead atoms. The molecule has 0 aliphatic carbocycles. The van der Waals surface area contributed by atoms with Gasteiger partial charge in [-0.05, 0) is 31.0 Å². The summed E-state index contributed by atoms with van der Waals surface area (Å²) in [6.07, 6.45) is 4.06. The Hall–Kier alpha value is -3.70. The van der Waals surface area contributed by atoms with Gasteiger partial charge in [-0.15, -0.1) is 0 Å². The molecule has 2 amide bonds. The summed E-state index contributed by atoms with van der Waals surface area (Å²) < 4.78 is 16.2. The summed E-state index contributed by atoms with van der Waals surface area (Å²) in [6.45, 7) is 2.67. The monoisotopic (exact) mass is 465 g/mol. The van der Waals surface area contributed by atoms with Crippen molar-refractivity contribution in [3.05, 3.63) is 76.5 Å². The van der Waals surface area contributed by atoms with Gasteiger partial charge >= 0.3 is 0 Å². The van der Waals surface area contributed by atoms with Crippen molar-refractivity contribution in [3.63, 3.8) is 0 Å². The number of likely N-dealkylation sites (tertiary alicyclic amines) is 1. The van der Waals surface area contributed by atoms with Crippen LogP contribution in [0.3, 0.4) is 0 Å². The van der Waals surface area contributed by atoms with Gasteiger partial charge in [0.05, 0.1) is 17.3 Å². The number of benzene rings is 1. The van der Waals surface area contributed by atoms with Crippen LogP contribution in [-0.2, 0) is 4.79 Å². The number of pyridine rings is 1. The zero-order valence-electron chi connectivity index (χ0n) is 17.9. The van der Waals surface area contributed by atoms with Gasteiger partial charge in [-0.1, -0.05) is 41.6 Å². The van der Waals surface area contributed by atoms with E-state index in [1.165, 1.54) is 25.4 Å². The number of hydrogen-bond donors (Lipinski definition) is 1. The summed E-state index contributed by atoms with van der Waals surface area (Å²) in [4.78, 5) is 30.3. The van der Waals surface area contributed by atoms with Crippen LogP contribution in [0.4, 0.5) is 10.2 Å². The number of rotatable bonds is 3. The molecule has 1 aliphatic heterocycles. The predicted molar refractivity (Wildman–Crippen MR) is 122 cm³/mol. The Morgan fingerprint density at radius 3 is 2.48 bits per heavy atom. The first kappa shape index (κ1) is 22.5. The van der Waals surface area contributed by atoms with Gasteiger partial charge in [0.15, 0.2) is 11.6 Å². The second-order valence-corrected chi connectivity index (χ2v) is 8.05. The lowest BCUT2D eigenvalue weighted by Crippen LogP contribution is -2.38. The van der Waals surface area contributed by atoms with Crippen LogP contribution in [0.2, 0.25) is 5.02 Å². The van der Waals surface area contributed by atoms with Gasteiger partial charge in [0.2, 0.25) is 5.91 Å². The lowest BCUT2D eigenvalue weighted by Gasteiger charge is -2.32. The van der Waals surface area contributed by atoms with Crippen LogP contribution in [0, 0.1) is 17.7 Å². The normalized spacial score (nSPS) is 13.8. The minimum Gasteiger partial charge on any atom is -0.343 e. The minimum atomic E-state index is -0.708. The highest BCUT2D eigenvalue weighted by Gasteiger charge is 2.28. The summed E-state index contributed by atoms with van der Waals surface area (Å²) in [6, 6.07) is 10.4. The highest BCUT2D eigenvalue weighted by Crippen LogP contribution is 2.27. The van der Waals surface area contributed by atoms with Gasteiger partial charge in [-0.2, -0.15) is 5.10 Å². The largest absolute Gasteiger partial charge is 0.343 e. The van der Waals surface area contributed by atoms with E-state index in [1.54, 1.807) is 9.58 Å². The molecule has 3 aromatic rings. The number of carbonyl (C=O) groups excluding carboxylic acids is 2. The van der Waals surface area contributed by atoms with Crippen LogP contribution in [0.25, 0.3) is 0 Å². The average Bonchev–Trinajstić information content (AvgIpc) is 3.21. The second-order valence-electron chi connectivity index (χ2n) is 7.65. The number of nitrogens with zero attached hydrogens (tertiary/aromatic N) is 4. The molecule has 0 spiro atoms. The molecule has 1 fully saturated rings. The molecule has 1 aromatic carbocycles. The van der Waals surface area contributed by atoms with Gasteiger partial charge < -0.3 is 10.2 Å². The van der Waals surface area contributed by atoms with Crippen molar-refractivity contribution in [1.29, 1.82) is 0 Å². The van der Waals surface area contributed by atoms with E-state index in [9.17, 15) is 14.0 Å². The van der Waals surface area contributed by atoms with Crippen molar-refractivity contribution in [1.82, 2.24) is 19.7 Å². The number of nitrogens with one attached hydrogen (secondary N) is 1. The fraction of sp³-hybridized carbons (Fsp3) is 0.250. The van der Waals surface area contributed by atoms with Crippen molar-refractivity contribution in [3.8, 4) is 11.8 Å². The number of amides is 2. The Labute approximate surface area is 195 Å². The predicted octanol–water partition coefficient (Wildman–Crippen LogP) is 3.91. The zero-order valence-corrected chi connectivity index (χ0v) is 18.6. The molecule has 0 atom stereocenters. The number of piperidine rings is 1. The van der Waals surface area contributed by atoms with E-state index in [0.29, 0.717) is 31.5 Å². The number of hydrogen-bond acceptors (Lipinski definition) is 4. The van der Waals surface area contributed by atoms with Crippen molar-refractivity contribution in [2.24, 2.45) is 0 Å². The van der Waals surface area contributed by atoms with Crippen molar-refractivity contribution >= 4 is 29.2 Å². The Balaban J connectivity index is 1.48. The molecule has 0 saturated carbocycles. The summed E-state index contributed by atoms with van der Waals surface area (Å²) in [5, 5.41) is 6.89. The fourth-order valence-corrected chi connectivity index (χ4v) is 3.90. The highest BCUT2D eigenvalue weighted by molar-refractivity contribution is 6.34. The maximum atomic E-state index is 14.6.